The van der Waals surface area contributed by atoms with Crippen molar-refractivity contribution in [2.75, 3.05) is 0 Å². The van der Waals surface area contributed by atoms with Crippen LogP contribution in [0.3, 0.4) is 0 Å². The second-order valence-electron chi connectivity index (χ2n) is 3.27. The molecule has 1 heterocycles. The van der Waals surface area contributed by atoms with Gasteiger partial charge in [0.05, 0.1) is 5.52 Å². The predicted octanol–water partition coefficient (Wildman–Crippen LogP) is 3.61. The summed E-state index contributed by atoms with van der Waals surface area (Å²) >= 11 is 3.53. The number of rotatable bonds is 0. The fraction of sp³-hybridized carbons (Fsp3) is 0.182. The Kier molecular flexibility index (Phi) is 2.08. The van der Waals surface area contributed by atoms with Gasteiger partial charge in [0.25, 0.3) is 0 Å². The molecule has 0 bridgehead atoms. The van der Waals surface area contributed by atoms with Gasteiger partial charge in [-0.25, -0.2) is 0 Å². The van der Waals surface area contributed by atoms with Crippen LogP contribution in [0.5, 0.6) is 0 Å². The van der Waals surface area contributed by atoms with Crippen LogP contribution in [0.2, 0.25) is 0 Å². The average molecular weight is 236 g/mol. The Morgan fingerprint density at radius 1 is 1.23 bits per heavy atom. The van der Waals surface area contributed by atoms with Crippen molar-refractivity contribution in [1.29, 1.82) is 0 Å². The van der Waals surface area contributed by atoms with Crippen LogP contribution < -0.4 is 0 Å². The minimum Gasteiger partial charge on any atom is -0.256 e. The maximum atomic E-state index is 4.35. The molecule has 0 saturated heterocycles. The molecule has 13 heavy (non-hydrogen) atoms. The van der Waals surface area contributed by atoms with E-state index in [4.69, 9.17) is 0 Å². The Balaban J connectivity index is 2.94. The first-order chi connectivity index (χ1) is 6.18. The van der Waals surface area contributed by atoms with Gasteiger partial charge >= 0.3 is 0 Å². The summed E-state index contributed by atoms with van der Waals surface area (Å²) in [7, 11) is 0. The number of aryl methyl sites for hydroxylation is 2. The summed E-state index contributed by atoms with van der Waals surface area (Å²) in [6.07, 6.45) is 1.83. The van der Waals surface area contributed by atoms with Crippen LogP contribution in [-0.2, 0) is 0 Å². The number of halogens is 1. The maximum absolute atomic E-state index is 4.35. The van der Waals surface area contributed by atoms with Gasteiger partial charge in [-0.3, -0.25) is 4.98 Å². The Morgan fingerprint density at radius 2 is 2.00 bits per heavy atom. The van der Waals surface area contributed by atoms with Crippen molar-refractivity contribution in [2.45, 2.75) is 13.8 Å². The lowest BCUT2D eigenvalue weighted by atomic mass is 10.1. The molecule has 0 saturated carbocycles. The number of hydrogen-bond acceptors (Lipinski definition) is 1. The highest BCUT2D eigenvalue weighted by Gasteiger charge is 2.02. The minimum absolute atomic E-state index is 1.08. The number of aromatic nitrogens is 1. The second-order valence-corrected chi connectivity index (χ2v) is 4.13. The molecule has 0 atom stereocenters. The van der Waals surface area contributed by atoms with Crippen LogP contribution in [0.1, 0.15) is 11.1 Å². The first-order valence-electron chi connectivity index (χ1n) is 4.20. The van der Waals surface area contributed by atoms with Gasteiger partial charge in [-0.1, -0.05) is 27.6 Å². The van der Waals surface area contributed by atoms with Crippen molar-refractivity contribution in [2.24, 2.45) is 0 Å². The van der Waals surface area contributed by atoms with E-state index in [0.717, 1.165) is 9.99 Å². The van der Waals surface area contributed by atoms with E-state index in [1.165, 1.54) is 16.5 Å². The summed E-state index contributed by atoms with van der Waals surface area (Å²) in [5, 5.41) is 1.19. The molecular weight excluding hydrogens is 226 g/mol. The Labute approximate surface area is 85.9 Å². The first-order valence-corrected chi connectivity index (χ1v) is 4.99. The zero-order valence-electron chi connectivity index (χ0n) is 7.63. The third-order valence-corrected chi connectivity index (χ3v) is 2.82. The monoisotopic (exact) mass is 235 g/mol. The van der Waals surface area contributed by atoms with Gasteiger partial charge in [0.2, 0.25) is 0 Å². The molecular formula is C11H10BrN. The number of fused-ring (bicyclic) bond motifs is 1. The predicted molar refractivity (Wildman–Crippen MR) is 58.9 cm³/mol. The van der Waals surface area contributed by atoms with Gasteiger partial charge in [-0.05, 0) is 31.5 Å². The van der Waals surface area contributed by atoms with Gasteiger partial charge in [0, 0.05) is 16.1 Å². The Morgan fingerprint density at radius 3 is 2.77 bits per heavy atom. The van der Waals surface area contributed by atoms with Crippen molar-refractivity contribution in [3.63, 3.8) is 0 Å². The smallest absolute Gasteiger partial charge is 0.0742 e. The van der Waals surface area contributed by atoms with E-state index in [0.29, 0.717) is 0 Å². The Hall–Kier alpha value is -0.890. The first kappa shape index (κ1) is 8.70. The third kappa shape index (κ3) is 1.46. The molecule has 1 nitrogen and oxygen atoms in total. The normalized spacial score (nSPS) is 10.7. The summed E-state index contributed by atoms with van der Waals surface area (Å²) in [6, 6.07) is 6.28. The third-order valence-electron chi connectivity index (χ3n) is 2.13. The summed E-state index contributed by atoms with van der Waals surface area (Å²) < 4.78 is 1.12. The van der Waals surface area contributed by atoms with Crippen molar-refractivity contribution in [3.8, 4) is 0 Å². The van der Waals surface area contributed by atoms with Crippen molar-refractivity contribution in [3.05, 3.63) is 40.0 Å². The molecule has 0 aliphatic carbocycles. The van der Waals surface area contributed by atoms with Crippen LogP contribution >= 0.6 is 15.9 Å². The quantitative estimate of drug-likeness (QED) is 0.680. The number of pyridine rings is 1. The molecule has 1 aromatic carbocycles. The fourth-order valence-electron chi connectivity index (χ4n) is 1.58. The van der Waals surface area contributed by atoms with E-state index >= 15 is 0 Å². The van der Waals surface area contributed by atoms with Crippen LogP contribution in [0.15, 0.2) is 28.9 Å². The summed E-state index contributed by atoms with van der Waals surface area (Å²) in [4.78, 5) is 4.35. The van der Waals surface area contributed by atoms with E-state index in [1.54, 1.807) is 0 Å². The molecule has 0 radical (unpaired) electrons. The van der Waals surface area contributed by atoms with Crippen molar-refractivity contribution in [1.82, 2.24) is 4.98 Å². The molecule has 66 valence electrons. The fourth-order valence-corrected chi connectivity index (χ4v) is 2.00. The van der Waals surface area contributed by atoms with Crippen LogP contribution in [0.4, 0.5) is 0 Å². The molecule has 1 aromatic heterocycles. The highest BCUT2D eigenvalue weighted by molar-refractivity contribution is 9.10. The second kappa shape index (κ2) is 3.11. The SMILES string of the molecule is Cc1cc(C)c2nccc(Br)c2c1. The minimum atomic E-state index is 1.08. The Bertz CT molecular complexity index is 463. The summed E-state index contributed by atoms with van der Waals surface area (Å²) in [6.45, 7) is 4.20. The summed E-state index contributed by atoms with van der Waals surface area (Å²) in [5.41, 5.74) is 3.59. The average Bonchev–Trinajstić information content (AvgIpc) is 2.07. The van der Waals surface area contributed by atoms with E-state index in [-0.39, 0.29) is 0 Å². The molecule has 2 aromatic rings. The lowest BCUT2D eigenvalue weighted by molar-refractivity contribution is 1.33. The van der Waals surface area contributed by atoms with Crippen molar-refractivity contribution < 1.29 is 0 Å². The molecule has 0 N–H and O–H groups in total. The van der Waals surface area contributed by atoms with Gasteiger partial charge in [-0.15, -0.1) is 0 Å². The van der Waals surface area contributed by atoms with E-state index in [2.05, 4.69) is 46.9 Å². The largest absolute Gasteiger partial charge is 0.256 e. The number of nitrogens with zero attached hydrogens (tertiary/aromatic N) is 1. The molecule has 0 spiro atoms. The van der Waals surface area contributed by atoms with E-state index < -0.39 is 0 Å². The molecule has 0 fully saturated rings. The van der Waals surface area contributed by atoms with Crippen molar-refractivity contribution >= 4 is 26.8 Å². The standard InChI is InChI=1S/C11H10BrN/c1-7-5-8(2)11-9(6-7)10(12)3-4-13-11/h3-6H,1-2H3. The molecule has 0 unspecified atom stereocenters. The lowest BCUT2D eigenvalue weighted by Crippen LogP contribution is -1.85. The molecule has 2 rings (SSSR count). The summed E-state index contributed by atoms with van der Waals surface area (Å²) in [5.74, 6) is 0. The molecule has 2 heteroatoms. The number of benzene rings is 1. The lowest BCUT2D eigenvalue weighted by Gasteiger charge is -2.04. The highest BCUT2D eigenvalue weighted by Crippen LogP contribution is 2.25. The zero-order valence-corrected chi connectivity index (χ0v) is 9.22. The van der Waals surface area contributed by atoms with Crippen LogP contribution in [0, 0.1) is 13.8 Å². The molecule has 0 aliphatic rings. The molecule has 0 aliphatic heterocycles. The zero-order chi connectivity index (χ0) is 9.42. The van der Waals surface area contributed by atoms with Gasteiger partial charge in [0.15, 0.2) is 0 Å². The van der Waals surface area contributed by atoms with E-state index in [9.17, 15) is 0 Å². The topological polar surface area (TPSA) is 12.9 Å². The molecule has 0 amide bonds. The van der Waals surface area contributed by atoms with Gasteiger partial charge in [0.1, 0.15) is 0 Å². The van der Waals surface area contributed by atoms with Gasteiger partial charge < -0.3 is 0 Å². The maximum Gasteiger partial charge on any atom is 0.0742 e. The highest BCUT2D eigenvalue weighted by atomic mass is 79.9. The number of hydrogen-bond donors (Lipinski definition) is 0. The van der Waals surface area contributed by atoms with Gasteiger partial charge in [-0.2, -0.15) is 0 Å². The van der Waals surface area contributed by atoms with E-state index in [1.807, 2.05) is 12.3 Å². The van der Waals surface area contributed by atoms with Crippen LogP contribution in [-0.4, -0.2) is 4.98 Å². The van der Waals surface area contributed by atoms with Crippen LogP contribution in [0.25, 0.3) is 10.9 Å².